The van der Waals surface area contributed by atoms with Gasteiger partial charge in [0, 0.05) is 30.3 Å². The van der Waals surface area contributed by atoms with Crippen LogP contribution in [0.3, 0.4) is 0 Å². The van der Waals surface area contributed by atoms with E-state index in [0.717, 1.165) is 12.8 Å². The van der Waals surface area contributed by atoms with Gasteiger partial charge in [0.25, 0.3) is 5.91 Å². The van der Waals surface area contributed by atoms with Crippen LogP contribution in [0.4, 0.5) is 11.9 Å². The highest BCUT2D eigenvalue weighted by atomic mass is 16.5. The molecule has 2 saturated heterocycles. The van der Waals surface area contributed by atoms with E-state index in [0.29, 0.717) is 47.8 Å². The fourth-order valence-corrected chi connectivity index (χ4v) is 3.78. The van der Waals surface area contributed by atoms with Crippen LogP contribution in [0.2, 0.25) is 0 Å². The molecular formula is C19H23N7O3. The molecule has 2 aromatic rings. The number of amides is 2. The van der Waals surface area contributed by atoms with Gasteiger partial charge in [-0.1, -0.05) is 0 Å². The van der Waals surface area contributed by atoms with Crippen LogP contribution in [0.5, 0.6) is 0 Å². The smallest absolute Gasteiger partial charge is 0.254 e. The average molecular weight is 397 g/mol. The first kappa shape index (κ1) is 18.0. The van der Waals surface area contributed by atoms with Crippen LogP contribution in [0.25, 0.3) is 11.7 Å². The second-order valence-corrected chi connectivity index (χ2v) is 7.99. The van der Waals surface area contributed by atoms with Crippen LogP contribution in [-0.4, -0.2) is 62.7 Å². The van der Waals surface area contributed by atoms with Crippen molar-refractivity contribution < 1.29 is 14.3 Å². The van der Waals surface area contributed by atoms with Gasteiger partial charge in [-0.3, -0.25) is 14.9 Å². The quantitative estimate of drug-likeness (QED) is 0.574. The highest BCUT2D eigenvalue weighted by Gasteiger charge is 2.29. The Bertz CT molecular complexity index is 1020. The summed E-state index contributed by atoms with van der Waals surface area (Å²) in [6.07, 6.45) is 5.78. The number of carbonyl (C=O) groups excluding carboxylic acids is 2. The lowest BCUT2D eigenvalue weighted by Gasteiger charge is -2.35. The molecular weight excluding hydrogens is 374 g/mol. The van der Waals surface area contributed by atoms with E-state index < -0.39 is 0 Å². The van der Waals surface area contributed by atoms with Gasteiger partial charge in [0.1, 0.15) is 0 Å². The number of carbonyl (C=O) groups is 2. The van der Waals surface area contributed by atoms with Gasteiger partial charge in [0.15, 0.2) is 5.65 Å². The van der Waals surface area contributed by atoms with Crippen molar-refractivity contribution in [3.63, 3.8) is 0 Å². The topological polar surface area (TPSA) is 114 Å². The predicted octanol–water partition coefficient (Wildman–Crippen LogP) is 0.742. The number of hydrogen-bond acceptors (Lipinski definition) is 8. The summed E-state index contributed by atoms with van der Waals surface area (Å²) >= 11 is 0. The van der Waals surface area contributed by atoms with Crippen molar-refractivity contribution in [1.82, 2.24) is 24.9 Å². The summed E-state index contributed by atoms with van der Waals surface area (Å²) < 4.78 is 7.50. The molecule has 2 aromatic heterocycles. The van der Waals surface area contributed by atoms with E-state index in [4.69, 9.17) is 14.7 Å². The molecule has 2 amide bonds. The van der Waals surface area contributed by atoms with Crippen molar-refractivity contribution >= 4 is 35.4 Å². The lowest BCUT2D eigenvalue weighted by molar-refractivity contribution is -0.124. The Balaban J connectivity index is 1.58. The average Bonchev–Trinajstić information content (AvgIpc) is 3.29. The number of nitrogens with one attached hydrogen (secondary N) is 2. The minimum atomic E-state index is -0.365. The molecule has 152 valence electrons. The number of fused-ring (bicyclic) bond motifs is 1. The zero-order chi connectivity index (χ0) is 20.1. The first-order valence-corrected chi connectivity index (χ1v) is 9.94. The normalized spacial score (nSPS) is 26.4. The molecule has 2 N–H and O–H groups in total. The molecule has 29 heavy (non-hydrogen) atoms. The Morgan fingerprint density at radius 2 is 1.97 bits per heavy atom. The van der Waals surface area contributed by atoms with Crippen molar-refractivity contribution in [3.8, 4) is 0 Å². The Hall–Kier alpha value is -3.01. The Labute approximate surface area is 167 Å². The molecule has 1 aliphatic carbocycles. The number of anilines is 2. The van der Waals surface area contributed by atoms with Gasteiger partial charge in [0.2, 0.25) is 17.8 Å². The maximum absolute atomic E-state index is 12.0. The van der Waals surface area contributed by atoms with Crippen molar-refractivity contribution in [3.05, 3.63) is 17.3 Å². The molecule has 2 aliphatic heterocycles. The van der Waals surface area contributed by atoms with Crippen LogP contribution in [0, 0.1) is 0 Å². The molecule has 0 unspecified atom stereocenters. The summed E-state index contributed by atoms with van der Waals surface area (Å²) in [6, 6.07) is 0.396. The van der Waals surface area contributed by atoms with Gasteiger partial charge in [-0.05, 0) is 32.8 Å². The minimum Gasteiger partial charge on any atom is -0.372 e. The van der Waals surface area contributed by atoms with E-state index >= 15 is 0 Å². The van der Waals surface area contributed by atoms with Crippen molar-refractivity contribution in [1.29, 1.82) is 0 Å². The molecule has 3 aliphatic rings. The summed E-state index contributed by atoms with van der Waals surface area (Å²) in [5, 5.41) is 10.2. The Morgan fingerprint density at radius 3 is 2.62 bits per heavy atom. The van der Waals surface area contributed by atoms with Crippen molar-refractivity contribution in [2.75, 3.05) is 23.3 Å². The standard InChI is InChI=1S/C19H23N7O3/c1-10-8-25(9-11(2)29-10)18-23-16-13(5-12-6-15(27)22-17(12)28)7-20-26(16)19(24-18)21-14-3-4-14/h5,7,10-11,14H,3-4,6,8-9H2,1-2H3,(H,21,23,24)(H,22,27,28)/b12-5+/t10-,11+. The van der Waals surface area contributed by atoms with Gasteiger partial charge in [0.05, 0.1) is 24.8 Å². The second-order valence-electron chi connectivity index (χ2n) is 7.99. The number of aromatic nitrogens is 4. The molecule has 3 fully saturated rings. The first-order chi connectivity index (χ1) is 14.0. The van der Waals surface area contributed by atoms with E-state index in [2.05, 4.69) is 20.6 Å². The van der Waals surface area contributed by atoms with Crippen molar-refractivity contribution in [2.24, 2.45) is 0 Å². The van der Waals surface area contributed by atoms with Crippen LogP contribution >= 0.6 is 0 Å². The van der Waals surface area contributed by atoms with E-state index in [-0.39, 0.29) is 30.4 Å². The molecule has 0 radical (unpaired) electrons. The Kier molecular flexibility index (Phi) is 4.23. The van der Waals surface area contributed by atoms with Crippen LogP contribution < -0.4 is 15.5 Å². The fraction of sp³-hybridized carbons (Fsp3) is 0.526. The number of hydrogen-bond donors (Lipinski definition) is 2. The highest BCUT2D eigenvalue weighted by molar-refractivity contribution is 6.15. The lowest BCUT2D eigenvalue weighted by atomic mass is 10.1. The van der Waals surface area contributed by atoms with E-state index in [1.54, 1.807) is 16.8 Å². The Morgan fingerprint density at radius 1 is 1.21 bits per heavy atom. The zero-order valence-electron chi connectivity index (χ0n) is 16.4. The minimum absolute atomic E-state index is 0.0692. The molecule has 0 spiro atoms. The third-order valence-electron chi connectivity index (χ3n) is 5.22. The predicted molar refractivity (Wildman–Crippen MR) is 105 cm³/mol. The molecule has 10 nitrogen and oxygen atoms in total. The summed E-state index contributed by atoms with van der Waals surface area (Å²) in [7, 11) is 0. The number of rotatable bonds is 4. The maximum atomic E-state index is 12.0. The third-order valence-corrected chi connectivity index (χ3v) is 5.22. The van der Waals surface area contributed by atoms with E-state index in [1.807, 2.05) is 13.8 Å². The number of morpholine rings is 1. The van der Waals surface area contributed by atoms with Crippen LogP contribution in [0.15, 0.2) is 11.8 Å². The highest BCUT2D eigenvalue weighted by Crippen LogP contribution is 2.27. The van der Waals surface area contributed by atoms with Crippen LogP contribution in [-0.2, 0) is 14.3 Å². The molecule has 1 saturated carbocycles. The molecule has 10 heteroatoms. The first-order valence-electron chi connectivity index (χ1n) is 9.94. The second kappa shape index (κ2) is 6.80. The maximum Gasteiger partial charge on any atom is 0.254 e. The van der Waals surface area contributed by atoms with Gasteiger partial charge in [-0.2, -0.15) is 19.6 Å². The number of nitrogens with zero attached hydrogens (tertiary/aromatic N) is 5. The van der Waals surface area contributed by atoms with Gasteiger partial charge >= 0.3 is 0 Å². The third kappa shape index (κ3) is 3.55. The number of ether oxygens (including phenoxy) is 1. The number of imide groups is 1. The SMILES string of the molecule is C[C@@H]1CN(c2nc(NC3CC3)n3ncc(/C=C4\CC(=O)NC4=O)c3n2)C[C@H](C)O1. The summed E-state index contributed by atoms with van der Waals surface area (Å²) in [4.78, 5) is 35.1. The largest absolute Gasteiger partial charge is 0.372 e. The lowest BCUT2D eigenvalue weighted by Crippen LogP contribution is -2.46. The van der Waals surface area contributed by atoms with Crippen molar-refractivity contribution in [2.45, 2.75) is 51.4 Å². The summed E-state index contributed by atoms with van der Waals surface area (Å²) in [6.45, 7) is 5.47. The van der Waals surface area contributed by atoms with Crippen LogP contribution in [0.1, 0.15) is 38.7 Å². The molecule has 5 rings (SSSR count). The monoisotopic (exact) mass is 397 g/mol. The summed E-state index contributed by atoms with van der Waals surface area (Å²) in [5.41, 5.74) is 1.70. The van der Waals surface area contributed by atoms with E-state index in [1.165, 1.54) is 0 Å². The van der Waals surface area contributed by atoms with E-state index in [9.17, 15) is 9.59 Å². The van der Waals surface area contributed by atoms with Gasteiger partial charge < -0.3 is 15.0 Å². The molecule has 0 bridgehead atoms. The zero-order valence-corrected chi connectivity index (χ0v) is 16.4. The molecule has 4 heterocycles. The molecule has 0 aromatic carbocycles. The summed E-state index contributed by atoms with van der Waals surface area (Å²) in [5.74, 6) is 0.585. The molecule has 2 atom stereocenters. The van der Waals surface area contributed by atoms with Gasteiger partial charge in [-0.15, -0.1) is 0 Å². The fourth-order valence-electron chi connectivity index (χ4n) is 3.78. The van der Waals surface area contributed by atoms with Gasteiger partial charge in [-0.25, -0.2) is 0 Å².